The minimum absolute atomic E-state index is 0.0528. The van der Waals surface area contributed by atoms with E-state index in [-0.39, 0.29) is 5.69 Å². The van der Waals surface area contributed by atoms with Gasteiger partial charge < -0.3 is 9.84 Å². The molecule has 3 rings (SSSR count). The monoisotopic (exact) mass is 308 g/mol. The van der Waals surface area contributed by atoms with Gasteiger partial charge >= 0.3 is 5.97 Å². The molecule has 0 bridgehead atoms. The summed E-state index contributed by atoms with van der Waals surface area (Å²) in [5.74, 6) is 0.406. The van der Waals surface area contributed by atoms with Gasteiger partial charge in [0.1, 0.15) is 11.5 Å². The first kappa shape index (κ1) is 14.8. The molecular weight excluding hydrogens is 292 g/mol. The molecule has 23 heavy (non-hydrogen) atoms. The van der Waals surface area contributed by atoms with E-state index in [1.165, 1.54) is 0 Å². The number of para-hydroxylation sites is 2. The summed E-state index contributed by atoms with van der Waals surface area (Å²) in [6.07, 6.45) is 0.437. The van der Waals surface area contributed by atoms with Crippen LogP contribution in [0.2, 0.25) is 0 Å². The van der Waals surface area contributed by atoms with Gasteiger partial charge in [-0.3, -0.25) is 5.10 Å². The van der Waals surface area contributed by atoms with Crippen molar-refractivity contribution < 1.29 is 14.6 Å². The van der Waals surface area contributed by atoms with Crippen LogP contribution in [0.3, 0.4) is 0 Å². The highest BCUT2D eigenvalue weighted by atomic mass is 16.5. The van der Waals surface area contributed by atoms with Gasteiger partial charge in [0.25, 0.3) is 0 Å². The average Bonchev–Trinajstić information content (AvgIpc) is 2.91. The number of carboxylic acids is 1. The molecule has 0 fully saturated rings. The Labute approximate surface area is 133 Å². The van der Waals surface area contributed by atoms with Crippen molar-refractivity contribution in [1.29, 1.82) is 0 Å². The van der Waals surface area contributed by atoms with E-state index in [4.69, 9.17) is 4.74 Å². The van der Waals surface area contributed by atoms with Gasteiger partial charge in [0, 0.05) is 17.7 Å². The predicted molar refractivity (Wildman–Crippen MR) is 86.0 cm³/mol. The van der Waals surface area contributed by atoms with Crippen LogP contribution in [0.5, 0.6) is 11.5 Å². The summed E-state index contributed by atoms with van der Waals surface area (Å²) >= 11 is 0. The number of aromatic carboxylic acids is 1. The summed E-state index contributed by atoms with van der Waals surface area (Å²) in [4.78, 5) is 11.3. The molecule has 2 aromatic carbocycles. The molecule has 1 aromatic heterocycles. The molecule has 0 unspecified atom stereocenters. The summed E-state index contributed by atoms with van der Waals surface area (Å²) in [6.45, 7) is 1.81. The lowest BCUT2D eigenvalue weighted by Crippen LogP contribution is -2.03. The number of carboxylic acid groups (broad SMARTS) is 1. The fourth-order valence-electron chi connectivity index (χ4n) is 2.40. The third kappa shape index (κ3) is 3.23. The van der Waals surface area contributed by atoms with Crippen LogP contribution < -0.4 is 4.74 Å². The highest BCUT2D eigenvalue weighted by Crippen LogP contribution is 2.28. The lowest BCUT2D eigenvalue weighted by molar-refractivity contribution is 0.0689. The van der Waals surface area contributed by atoms with Crippen LogP contribution in [0, 0.1) is 6.92 Å². The number of aromatic nitrogens is 2. The molecule has 3 aromatic rings. The molecule has 0 amide bonds. The Bertz CT molecular complexity index is 825. The lowest BCUT2D eigenvalue weighted by Gasteiger charge is -2.11. The fourth-order valence-corrected chi connectivity index (χ4v) is 2.40. The van der Waals surface area contributed by atoms with E-state index in [1.807, 2.05) is 61.5 Å². The third-order valence-electron chi connectivity index (χ3n) is 3.59. The normalized spacial score (nSPS) is 10.5. The van der Waals surface area contributed by atoms with E-state index < -0.39 is 5.97 Å². The van der Waals surface area contributed by atoms with E-state index in [0.717, 1.165) is 17.0 Å². The Morgan fingerprint density at radius 2 is 1.83 bits per heavy atom. The number of nitrogens with one attached hydrogen (secondary N) is 1. The Hall–Kier alpha value is -3.08. The first-order valence-electron chi connectivity index (χ1n) is 7.23. The van der Waals surface area contributed by atoms with E-state index >= 15 is 0 Å². The first-order chi connectivity index (χ1) is 11.1. The Balaban J connectivity index is 1.93. The maximum atomic E-state index is 11.3. The molecule has 0 spiro atoms. The number of nitrogens with zero attached hydrogens (tertiary/aromatic N) is 1. The number of aromatic amines is 1. The number of ether oxygens (including phenoxy) is 1. The smallest absolute Gasteiger partial charge is 0.356 e. The van der Waals surface area contributed by atoms with Crippen molar-refractivity contribution in [3.63, 3.8) is 0 Å². The van der Waals surface area contributed by atoms with Crippen molar-refractivity contribution in [1.82, 2.24) is 10.2 Å². The Morgan fingerprint density at radius 1 is 1.13 bits per heavy atom. The van der Waals surface area contributed by atoms with Crippen LogP contribution in [0.25, 0.3) is 0 Å². The first-order valence-corrected chi connectivity index (χ1v) is 7.23. The molecule has 5 nitrogen and oxygen atoms in total. The summed E-state index contributed by atoms with van der Waals surface area (Å²) in [6, 6.07) is 17.1. The second-order valence-corrected chi connectivity index (χ2v) is 5.18. The van der Waals surface area contributed by atoms with Crippen LogP contribution in [-0.2, 0) is 6.42 Å². The van der Waals surface area contributed by atoms with Crippen LogP contribution in [0.15, 0.2) is 54.6 Å². The van der Waals surface area contributed by atoms with Gasteiger partial charge in [-0.05, 0) is 30.7 Å². The molecule has 5 heteroatoms. The zero-order valence-electron chi connectivity index (χ0n) is 12.6. The van der Waals surface area contributed by atoms with E-state index in [9.17, 15) is 9.90 Å². The minimum atomic E-state index is -1.04. The number of aryl methyl sites for hydroxylation is 1. The number of hydrogen-bond donors (Lipinski definition) is 2. The van der Waals surface area contributed by atoms with E-state index in [1.54, 1.807) is 0 Å². The third-order valence-corrected chi connectivity index (χ3v) is 3.59. The molecule has 0 aliphatic heterocycles. The number of carbonyl (C=O) groups is 1. The van der Waals surface area contributed by atoms with Crippen LogP contribution in [-0.4, -0.2) is 21.3 Å². The quantitative estimate of drug-likeness (QED) is 0.751. The molecule has 0 radical (unpaired) electrons. The van der Waals surface area contributed by atoms with E-state index in [0.29, 0.717) is 17.7 Å². The van der Waals surface area contributed by atoms with Crippen LogP contribution in [0.4, 0.5) is 0 Å². The molecule has 1 heterocycles. The number of rotatable bonds is 5. The van der Waals surface area contributed by atoms with Crippen molar-refractivity contribution in [2.45, 2.75) is 13.3 Å². The van der Waals surface area contributed by atoms with Gasteiger partial charge in [0.15, 0.2) is 5.69 Å². The minimum Gasteiger partial charge on any atom is -0.476 e. The largest absolute Gasteiger partial charge is 0.476 e. The van der Waals surface area contributed by atoms with Gasteiger partial charge in [-0.1, -0.05) is 36.4 Å². The lowest BCUT2D eigenvalue weighted by atomic mass is 10.0. The molecular formula is C18H16N2O3. The molecule has 0 aliphatic carbocycles. The van der Waals surface area contributed by atoms with Crippen molar-refractivity contribution in [3.8, 4) is 11.5 Å². The number of H-pyrrole nitrogens is 1. The molecule has 0 saturated carbocycles. The van der Waals surface area contributed by atoms with E-state index in [2.05, 4.69) is 10.2 Å². The van der Waals surface area contributed by atoms with Crippen molar-refractivity contribution in [2.24, 2.45) is 0 Å². The van der Waals surface area contributed by atoms with Crippen molar-refractivity contribution >= 4 is 5.97 Å². The van der Waals surface area contributed by atoms with Crippen molar-refractivity contribution in [3.05, 3.63) is 77.1 Å². The summed E-state index contributed by atoms with van der Waals surface area (Å²) in [5, 5.41) is 15.8. The molecule has 116 valence electrons. The average molecular weight is 308 g/mol. The molecule has 0 saturated heterocycles. The van der Waals surface area contributed by atoms with Crippen LogP contribution >= 0.6 is 0 Å². The van der Waals surface area contributed by atoms with Crippen molar-refractivity contribution in [2.75, 3.05) is 0 Å². The van der Waals surface area contributed by atoms with Crippen LogP contribution in [0.1, 0.15) is 27.3 Å². The zero-order chi connectivity index (χ0) is 16.2. The second kappa shape index (κ2) is 6.36. The Morgan fingerprint density at radius 3 is 2.57 bits per heavy atom. The number of hydrogen-bond acceptors (Lipinski definition) is 3. The highest BCUT2D eigenvalue weighted by molar-refractivity contribution is 5.87. The van der Waals surface area contributed by atoms with Gasteiger partial charge in [-0.15, -0.1) is 0 Å². The SMILES string of the molecule is Cc1[nH]nc(C(=O)O)c1Cc1ccccc1Oc1ccccc1. The van der Waals surface area contributed by atoms with Gasteiger partial charge in [-0.25, -0.2) is 4.79 Å². The maximum Gasteiger partial charge on any atom is 0.356 e. The zero-order valence-corrected chi connectivity index (χ0v) is 12.6. The summed E-state index contributed by atoms with van der Waals surface area (Å²) in [7, 11) is 0. The second-order valence-electron chi connectivity index (χ2n) is 5.18. The maximum absolute atomic E-state index is 11.3. The fraction of sp³-hybridized carbons (Fsp3) is 0.111. The van der Waals surface area contributed by atoms with Gasteiger partial charge in [0.2, 0.25) is 0 Å². The Kier molecular flexibility index (Phi) is 4.10. The number of benzene rings is 2. The molecule has 2 N–H and O–H groups in total. The highest BCUT2D eigenvalue weighted by Gasteiger charge is 2.18. The standard InChI is InChI=1S/C18H16N2O3/c1-12-15(17(18(21)22)20-19-12)11-13-7-5-6-10-16(13)23-14-8-3-2-4-9-14/h2-10H,11H2,1H3,(H,19,20)(H,21,22). The predicted octanol–water partition coefficient (Wildman–Crippen LogP) is 3.80. The molecule has 0 atom stereocenters. The molecule has 0 aliphatic rings. The summed E-state index contributed by atoms with van der Waals surface area (Å²) < 4.78 is 5.92. The topological polar surface area (TPSA) is 75.2 Å². The summed E-state index contributed by atoms with van der Waals surface area (Å²) in [5.41, 5.74) is 2.37. The van der Waals surface area contributed by atoms with Gasteiger partial charge in [0.05, 0.1) is 0 Å². The van der Waals surface area contributed by atoms with Gasteiger partial charge in [-0.2, -0.15) is 5.10 Å².